The van der Waals surface area contributed by atoms with E-state index >= 15 is 0 Å². The van der Waals surface area contributed by atoms with Crippen molar-refractivity contribution in [2.75, 3.05) is 5.73 Å². The molecule has 0 atom stereocenters. The van der Waals surface area contributed by atoms with Gasteiger partial charge in [0.15, 0.2) is 0 Å². The molecule has 3 nitrogen and oxygen atoms in total. The van der Waals surface area contributed by atoms with Crippen molar-refractivity contribution in [2.45, 2.75) is 6.43 Å². The van der Waals surface area contributed by atoms with Crippen LogP contribution in [-0.2, 0) is 0 Å². The Hall–Kier alpha value is -0.910. The number of aromatic nitrogens is 1. The SMILES string of the molecule is Nc1cc(Br)[nH]c(=O)c1C(F)F. The zero-order valence-corrected chi connectivity index (χ0v) is 7.36. The zero-order valence-electron chi connectivity index (χ0n) is 5.77. The molecule has 0 saturated heterocycles. The molecule has 1 aromatic heterocycles. The zero-order chi connectivity index (χ0) is 9.30. The molecule has 0 bridgehead atoms. The molecular formula is C6H5BrF2N2O. The van der Waals surface area contributed by atoms with Crippen LogP contribution in [0.25, 0.3) is 0 Å². The Morgan fingerprint density at radius 3 is 2.58 bits per heavy atom. The van der Waals surface area contributed by atoms with Crippen LogP contribution < -0.4 is 11.3 Å². The fraction of sp³-hybridized carbons (Fsp3) is 0.167. The molecule has 0 aliphatic heterocycles. The quantitative estimate of drug-likeness (QED) is 0.732. The normalized spacial score (nSPS) is 10.7. The molecule has 3 N–H and O–H groups in total. The first-order valence-electron chi connectivity index (χ1n) is 2.98. The molecule has 0 aromatic carbocycles. The highest BCUT2D eigenvalue weighted by Gasteiger charge is 2.16. The van der Waals surface area contributed by atoms with E-state index < -0.39 is 17.5 Å². The van der Waals surface area contributed by atoms with E-state index in [0.29, 0.717) is 0 Å². The summed E-state index contributed by atoms with van der Waals surface area (Å²) in [5.41, 5.74) is 3.44. The largest absolute Gasteiger partial charge is 0.398 e. The topological polar surface area (TPSA) is 58.9 Å². The van der Waals surface area contributed by atoms with E-state index in [1.54, 1.807) is 0 Å². The molecule has 1 aromatic rings. The minimum atomic E-state index is -2.85. The Kier molecular flexibility index (Phi) is 2.46. The summed E-state index contributed by atoms with van der Waals surface area (Å²) in [4.78, 5) is 13.0. The minimum absolute atomic E-state index is 0.208. The molecule has 66 valence electrons. The summed E-state index contributed by atoms with van der Waals surface area (Å²) in [6.07, 6.45) is -2.85. The smallest absolute Gasteiger partial charge is 0.271 e. The van der Waals surface area contributed by atoms with Gasteiger partial charge in [0, 0.05) is 5.69 Å². The first-order chi connectivity index (χ1) is 5.52. The summed E-state index contributed by atoms with van der Waals surface area (Å²) in [7, 11) is 0. The lowest BCUT2D eigenvalue weighted by Crippen LogP contribution is -2.15. The number of halogens is 3. The third kappa shape index (κ3) is 1.63. The number of nitrogen functional groups attached to an aromatic ring is 1. The monoisotopic (exact) mass is 238 g/mol. The molecule has 0 aliphatic carbocycles. The number of H-pyrrole nitrogens is 1. The predicted octanol–water partition coefficient (Wildman–Crippen LogP) is 1.66. The van der Waals surface area contributed by atoms with Gasteiger partial charge in [-0.05, 0) is 22.0 Å². The Bertz CT molecular complexity index is 350. The molecule has 12 heavy (non-hydrogen) atoms. The first kappa shape index (κ1) is 9.18. The van der Waals surface area contributed by atoms with Crippen molar-refractivity contribution >= 4 is 21.6 Å². The lowest BCUT2D eigenvalue weighted by atomic mass is 10.2. The van der Waals surface area contributed by atoms with Crippen LogP contribution in [-0.4, -0.2) is 4.98 Å². The number of hydrogen-bond acceptors (Lipinski definition) is 2. The van der Waals surface area contributed by atoms with E-state index in [1.165, 1.54) is 6.07 Å². The van der Waals surface area contributed by atoms with Gasteiger partial charge in [0.05, 0.1) is 4.60 Å². The molecule has 1 heterocycles. The maximum Gasteiger partial charge on any atom is 0.271 e. The molecule has 0 saturated carbocycles. The standard InChI is InChI=1S/C6H5BrF2N2O/c7-3-1-2(10)4(5(8)9)6(12)11-3/h1,5H,(H3,10,11,12). The van der Waals surface area contributed by atoms with Crippen molar-refractivity contribution in [1.29, 1.82) is 0 Å². The van der Waals surface area contributed by atoms with Crippen LogP contribution in [0.4, 0.5) is 14.5 Å². The summed E-state index contributed by atoms with van der Waals surface area (Å²) >= 11 is 2.92. The molecule has 6 heteroatoms. The van der Waals surface area contributed by atoms with Crippen LogP contribution in [0.5, 0.6) is 0 Å². The minimum Gasteiger partial charge on any atom is -0.398 e. The average molecular weight is 239 g/mol. The molecular weight excluding hydrogens is 234 g/mol. The van der Waals surface area contributed by atoms with E-state index in [1.807, 2.05) is 0 Å². The van der Waals surface area contributed by atoms with Gasteiger partial charge in [-0.2, -0.15) is 0 Å². The highest BCUT2D eigenvalue weighted by molar-refractivity contribution is 9.10. The summed E-state index contributed by atoms with van der Waals surface area (Å²) < 4.78 is 24.5. The Labute approximate surface area is 74.7 Å². The number of hydrogen-bond donors (Lipinski definition) is 2. The number of anilines is 1. The Balaban J connectivity index is 3.39. The summed E-state index contributed by atoms with van der Waals surface area (Å²) in [6.45, 7) is 0. The Morgan fingerprint density at radius 2 is 2.17 bits per heavy atom. The summed E-state index contributed by atoms with van der Waals surface area (Å²) in [5, 5.41) is 0. The second-order valence-corrected chi connectivity index (χ2v) is 2.97. The van der Waals surface area contributed by atoms with Crippen LogP contribution in [0.1, 0.15) is 12.0 Å². The van der Waals surface area contributed by atoms with Gasteiger partial charge in [-0.15, -0.1) is 0 Å². The second kappa shape index (κ2) is 3.22. The van der Waals surface area contributed by atoms with Crippen LogP contribution >= 0.6 is 15.9 Å². The molecule has 0 radical (unpaired) electrons. The van der Waals surface area contributed by atoms with Crippen molar-refractivity contribution in [3.05, 3.63) is 26.6 Å². The number of pyridine rings is 1. The summed E-state index contributed by atoms with van der Waals surface area (Å²) in [6, 6.07) is 1.23. The molecule has 0 spiro atoms. The first-order valence-corrected chi connectivity index (χ1v) is 3.78. The van der Waals surface area contributed by atoms with Crippen LogP contribution in [0.2, 0.25) is 0 Å². The van der Waals surface area contributed by atoms with Crippen molar-refractivity contribution in [1.82, 2.24) is 4.98 Å². The molecule has 1 rings (SSSR count). The third-order valence-electron chi connectivity index (χ3n) is 1.29. The van der Waals surface area contributed by atoms with Crippen LogP contribution in [0.15, 0.2) is 15.5 Å². The third-order valence-corrected chi connectivity index (χ3v) is 1.72. The van der Waals surface area contributed by atoms with E-state index in [9.17, 15) is 13.6 Å². The van der Waals surface area contributed by atoms with Gasteiger partial charge in [0.25, 0.3) is 12.0 Å². The highest BCUT2D eigenvalue weighted by atomic mass is 79.9. The maximum absolute atomic E-state index is 12.1. The van der Waals surface area contributed by atoms with Crippen LogP contribution in [0.3, 0.4) is 0 Å². The van der Waals surface area contributed by atoms with Gasteiger partial charge in [0.1, 0.15) is 5.56 Å². The van der Waals surface area contributed by atoms with E-state index in [4.69, 9.17) is 5.73 Å². The molecule has 0 unspecified atom stereocenters. The van der Waals surface area contributed by atoms with Crippen molar-refractivity contribution in [2.24, 2.45) is 0 Å². The van der Waals surface area contributed by atoms with Gasteiger partial charge in [0.2, 0.25) is 0 Å². The van der Waals surface area contributed by atoms with E-state index in [2.05, 4.69) is 20.9 Å². The highest BCUT2D eigenvalue weighted by Crippen LogP contribution is 2.22. The number of alkyl halides is 2. The van der Waals surface area contributed by atoms with Gasteiger partial charge in [-0.1, -0.05) is 0 Å². The summed E-state index contributed by atoms with van der Waals surface area (Å²) in [5.74, 6) is 0. The number of nitrogens with two attached hydrogens (primary N) is 1. The molecule has 0 aliphatic rings. The fourth-order valence-electron chi connectivity index (χ4n) is 0.782. The van der Waals surface area contributed by atoms with E-state index in [0.717, 1.165) is 0 Å². The van der Waals surface area contributed by atoms with Crippen molar-refractivity contribution in [3.63, 3.8) is 0 Å². The van der Waals surface area contributed by atoms with Crippen molar-refractivity contribution < 1.29 is 8.78 Å². The van der Waals surface area contributed by atoms with Crippen molar-refractivity contribution in [3.8, 4) is 0 Å². The molecule has 0 amide bonds. The second-order valence-electron chi connectivity index (χ2n) is 2.12. The lowest BCUT2D eigenvalue weighted by molar-refractivity contribution is 0.150. The fourth-order valence-corrected chi connectivity index (χ4v) is 1.21. The van der Waals surface area contributed by atoms with Crippen LogP contribution in [0, 0.1) is 0 Å². The lowest BCUT2D eigenvalue weighted by Gasteiger charge is -2.02. The predicted molar refractivity (Wildman–Crippen MR) is 44.1 cm³/mol. The van der Waals surface area contributed by atoms with E-state index in [-0.39, 0.29) is 10.3 Å². The average Bonchev–Trinajstić information content (AvgIpc) is 1.82. The van der Waals surface area contributed by atoms with Gasteiger partial charge in [-0.25, -0.2) is 8.78 Å². The van der Waals surface area contributed by atoms with Gasteiger partial charge < -0.3 is 10.7 Å². The molecule has 0 fully saturated rings. The number of nitrogens with one attached hydrogen (secondary N) is 1. The van der Waals surface area contributed by atoms with Gasteiger partial charge >= 0.3 is 0 Å². The number of rotatable bonds is 1. The number of aromatic amines is 1. The van der Waals surface area contributed by atoms with Gasteiger partial charge in [-0.3, -0.25) is 4.79 Å². The Morgan fingerprint density at radius 1 is 1.58 bits per heavy atom. The maximum atomic E-state index is 12.1.